The predicted octanol–water partition coefficient (Wildman–Crippen LogP) is 2.56. The highest BCUT2D eigenvalue weighted by atomic mass is 16.6. The summed E-state index contributed by atoms with van der Waals surface area (Å²) < 4.78 is 9.97. The zero-order valence-electron chi connectivity index (χ0n) is 15.6. The number of methoxy groups -OCH3 is 2. The van der Waals surface area contributed by atoms with Crippen molar-refractivity contribution < 1.29 is 19.2 Å². The van der Waals surface area contributed by atoms with Crippen molar-refractivity contribution in [2.75, 3.05) is 51.8 Å². The molecule has 1 fully saturated rings. The lowest BCUT2D eigenvalue weighted by Gasteiger charge is -2.36. The predicted molar refractivity (Wildman–Crippen MR) is 96.7 cm³/mol. The van der Waals surface area contributed by atoms with Crippen molar-refractivity contribution in [3.05, 3.63) is 27.8 Å². The number of hydrogen-bond donors (Lipinski definition) is 0. The second-order valence-electron chi connectivity index (χ2n) is 5.21. The number of carbonyl (C=O) groups is 1. The summed E-state index contributed by atoms with van der Waals surface area (Å²) in [7, 11) is 2.67. The Morgan fingerprint density at radius 3 is 2.24 bits per heavy atom. The van der Waals surface area contributed by atoms with Crippen LogP contribution in [0, 0.1) is 10.1 Å². The molecule has 0 aliphatic carbocycles. The van der Waals surface area contributed by atoms with Crippen molar-refractivity contribution in [3.63, 3.8) is 0 Å². The van der Waals surface area contributed by atoms with E-state index in [1.807, 2.05) is 13.8 Å². The van der Waals surface area contributed by atoms with Gasteiger partial charge < -0.3 is 19.3 Å². The molecular formula is C17H27N3O5. The van der Waals surface area contributed by atoms with Gasteiger partial charge in [-0.3, -0.25) is 10.1 Å². The van der Waals surface area contributed by atoms with E-state index >= 15 is 0 Å². The van der Waals surface area contributed by atoms with Crippen LogP contribution in [-0.2, 0) is 4.74 Å². The summed E-state index contributed by atoms with van der Waals surface area (Å²) in [5, 5.41) is 11.2. The van der Waals surface area contributed by atoms with E-state index in [-0.39, 0.29) is 11.3 Å². The minimum Gasteiger partial charge on any atom is -0.494 e. The highest BCUT2D eigenvalue weighted by molar-refractivity contribution is 5.96. The van der Waals surface area contributed by atoms with E-state index in [9.17, 15) is 14.9 Å². The second-order valence-corrected chi connectivity index (χ2v) is 5.21. The molecule has 0 N–H and O–H groups in total. The fraction of sp³-hybridized carbons (Fsp3) is 0.588. The molecule has 8 heteroatoms. The van der Waals surface area contributed by atoms with Gasteiger partial charge in [0.25, 0.3) is 5.69 Å². The number of nitrogens with zero attached hydrogens (tertiary/aromatic N) is 3. The van der Waals surface area contributed by atoms with Crippen LogP contribution >= 0.6 is 0 Å². The summed E-state index contributed by atoms with van der Waals surface area (Å²) in [6.07, 6.45) is 0. The van der Waals surface area contributed by atoms with Gasteiger partial charge in [-0.05, 0) is 12.6 Å². The van der Waals surface area contributed by atoms with Crippen molar-refractivity contribution in [3.8, 4) is 5.75 Å². The second kappa shape index (κ2) is 9.83. The molecule has 0 radical (unpaired) electrons. The molecule has 0 unspecified atom stereocenters. The van der Waals surface area contributed by atoms with Crippen molar-refractivity contribution in [1.82, 2.24) is 4.90 Å². The minimum atomic E-state index is -0.729. The Morgan fingerprint density at radius 2 is 1.80 bits per heavy atom. The Labute approximate surface area is 148 Å². The molecule has 0 bridgehead atoms. The zero-order valence-corrected chi connectivity index (χ0v) is 15.6. The third kappa shape index (κ3) is 4.82. The minimum absolute atomic E-state index is 0.0637. The summed E-state index contributed by atoms with van der Waals surface area (Å²) in [5.41, 5.74) is 0.296. The smallest absolute Gasteiger partial charge is 0.344 e. The largest absolute Gasteiger partial charge is 0.494 e. The van der Waals surface area contributed by atoms with Crippen LogP contribution < -0.4 is 9.64 Å². The van der Waals surface area contributed by atoms with E-state index in [2.05, 4.69) is 21.5 Å². The van der Waals surface area contributed by atoms with Crippen molar-refractivity contribution >= 4 is 17.3 Å². The molecule has 1 saturated heterocycles. The summed E-state index contributed by atoms with van der Waals surface area (Å²) in [6.45, 7) is 10.4. The van der Waals surface area contributed by atoms with Crippen LogP contribution in [0.1, 0.15) is 31.1 Å². The molecule has 2 rings (SSSR count). The molecule has 0 spiro atoms. The maximum Gasteiger partial charge on any atom is 0.344 e. The number of likely N-dealkylation sites (N-methyl/N-ethyl adjacent to an activating group) is 1. The maximum absolute atomic E-state index is 11.9. The van der Waals surface area contributed by atoms with Crippen molar-refractivity contribution in [2.24, 2.45) is 0 Å². The first-order valence-corrected chi connectivity index (χ1v) is 8.43. The normalized spacial score (nSPS) is 14.4. The first kappa shape index (κ1) is 20.7. The molecule has 25 heavy (non-hydrogen) atoms. The van der Waals surface area contributed by atoms with Crippen LogP contribution in [0.2, 0.25) is 0 Å². The topological polar surface area (TPSA) is 85.2 Å². The van der Waals surface area contributed by atoms with Gasteiger partial charge >= 0.3 is 5.97 Å². The van der Waals surface area contributed by atoms with Gasteiger partial charge in [0.1, 0.15) is 11.3 Å². The monoisotopic (exact) mass is 353 g/mol. The number of nitro benzene ring substituents is 1. The third-order valence-electron chi connectivity index (χ3n) is 4.06. The van der Waals surface area contributed by atoms with E-state index in [1.54, 1.807) is 0 Å². The van der Waals surface area contributed by atoms with E-state index in [4.69, 9.17) is 4.74 Å². The quantitative estimate of drug-likeness (QED) is 0.457. The van der Waals surface area contributed by atoms with Gasteiger partial charge in [0, 0.05) is 26.2 Å². The van der Waals surface area contributed by atoms with Crippen molar-refractivity contribution in [1.29, 1.82) is 0 Å². The van der Waals surface area contributed by atoms with Crippen LogP contribution in [0.25, 0.3) is 0 Å². The van der Waals surface area contributed by atoms with Gasteiger partial charge in [0.05, 0.1) is 30.9 Å². The van der Waals surface area contributed by atoms with E-state index in [1.165, 1.54) is 26.4 Å². The number of ether oxygens (including phenoxy) is 2. The highest BCUT2D eigenvalue weighted by Gasteiger charge is 2.27. The summed E-state index contributed by atoms with van der Waals surface area (Å²) in [4.78, 5) is 26.9. The number of esters is 1. The molecule has 0 saturated carbocycles. The molecule has 1 aromatic carbocycles. The highest BCUT2D eigenvalue weighted by Crippen LogP contribution is 2.36. The molecule has 1 aliphatic heterocycles. The fourth-order valence-electron chi connectivity index (χ4n) is 2.70. The van der Waals surface area contributed by atoms with E-state index in [0.717, 1.165) is 32.7 Å². The Hall–Kier alpha value is -2.35. The van der Waals surface area contributed by atoms with Gasteiger partial charge in [-0.25, -0.2) is 4.79 Å². The SMILES string of the molecule is CC.CCN1CCN(c2cc(C(=O)OC)c([N+](=O)[O-])cc2OC)CC1. The van der Waals surface area contributed by atoms with Crippen LogP contribution in [0.5, 0.6) is 5.75 Å². The van der Waals surface area contributed by atoms with Gasteiger partial charge in [0.2, 0.25) is 0 Å². The maximum atomic E-state index is 11.9. The Balaban J connectivity index is 0.00000151. The van der Waals surface area contributed by atoms with Crippen LogP contribution in [-0.4, -0.2) is 62.7 Å². The molecule has 0 atom stereocenters. The summed E-state index contributed by atoms with van der Waals surface area (Å²) in [6, 6.07) is 2.78. The van der Waals surface area contributed by atoms with Crippen molar-refractivity contribution in [2.45, 2.75) is 20.8 Å². The average Bonchev–Trinajstić information content (AvgIpc) is 2.67. The number of piperazine rings is 1. The average molecular weight is 353 g/mol. The molecule has 0 amide bonds. The molecule has 1 aromatic rings. The summed E-state index contributed by atoms with van der Waals surface area (Å²) >= 11 is 0. The van der Waals surface area contributed by atoms with Crippen LogP contribution in [0.15, 0.2) is 12.1 Å². The number of nitro groups is 1. The fourth-order valence-corrected chi connectivity index (χ4v) is 2.70. The summed E-state index contributed by atoms with van der Waals surface area (Å²) in [5.74, 6) is -0.345. The molecule has 140 valence electrons. The van der Waals surface area contributed by atoms with Gasteiger partial charge in [-0.2, -0.15) is 0 Å². The molecule has 1 aliphatic rings. The van der Waals surface area contributed by atoms with Gasteiger partial charge in [-0.1, -0.05) is 20.8 Å². The first-order valence-electron chi connectivity index (χ1n) is 8.43. The Bertz CT molecular complexity index is 598. The number of hydrogen-bond acceptors (Lipinski definition) is 7. The zero-order chi connectivity index (χ0) is 19.0. The van der Waals surface area contributed by atoms with Gasteiger partial charge in [0.15, 0.2) is 0 Å². The standard InChI is InChI=1S/C15H21N3O5.C2H6/c1-4-16-5-7-17(8-6-16)13-9-11(15(19)23-3)12(18(20)21)10-14(13)22-2;1-2/h9-10H,4-8H2,1-3H3;1-2H3. The number of carbonyl (C=O) groups excluding carboxylic acids is 1. The van der Waals surface area contributed by atoms with Crippen LogP contribution in [0.3, 0.4) is 0 Å². The number of benzene rings is 1. The molecule has 8 nitrogen and oxygen atoms in total. The van der Waals surface area contributed by atoms with E-state index < -0.39 is 10.9 Å². The Morgan fingerprint density at radius 1 is 1.20 bits per heavy atom. The van der Waals surface area contributed by atoms with E-state index in [0.29, 0.717) is 11.4 Å². The number of rotatable bonds is 5. The lowest BCUT2D eigenvalue weighted by Crippen LogP contribution is -2.46. The number of anilines is 1. The lowest BCUT2D eigenvalue weighted by molar-refractivity contribution is -0.385. The lowest BCUT2D eigenvalue weighted by atomic mass is 10.1. The molecule has 1 heterocycles. The molecule has 0 aromatic heterocycles. The molecular weight excluding hydrogens is 326 g/mol. The first-order chi connectivity index (χ1) is 12.0. The van der Waals surface area contributed by atoms with Gasteiger partial charge in [-0.15, -0.1) is 0 Å². The Kier molecular flexibility index (Phi) is 8.13. The van der Waals surface area contributed by atoms with Crippen LogP contribution in [0.4, 0.5) is 11.4 Å². The third-order valence-corrected chi connectivity index (χ3v) is 4.06.